The highest BCUT2D eigenvalue weighted by Gasteiger charge is 2.17. The van der Waals surface area contributed by atoms with E-state index in [2.05, 4.69) is 4.98 Å². The van der Waals surface area contributed by atoms with E-state index < -0.39 is 17.9 Å². The number of carboxylic acids is 1. The zero-order valence-corrected chi connectivity index (χ0v) is 16.3. The molecule has 0 saturated carbocycles. The summed E-state index contributed by atoms with van der Waals surface area (Å²) in [6, 6.07) is 11.5. The Hall–Kier alpha value is -3.65. The number of aromatic amines is 1. The molecule has 8 heteroatoms. The number of carbonyl (C=O) groups is 3. The van der Waals surface area contributed by atoms with E-state index in [9.17, 15) is 14.4 Å². The zero-order valence-electron chi connectivity index (χ0n) is 16.3. The maximum absolute atomic E-state index is 12.4. The van der Waals surface area contributed by atoms with Crippen LogP contribution >= 0.6 is 0 Å². The number of nitrogens with one attached hydrogen (secondary N) is 1. The smallest absolute Gasteiger partial charge is 0.303 e. The van der Waals surface area contributed by atoms with Crippen molar-refractivity contribution in [2.45, 2.75) is 31.9 Å². The van der Waals surface area contributed by atoms with E-state index in [1.807, 2.05) is 24.3 Å². The number of ether oxygens (including phenoxy) is 1. The van der Waals surface area contributed by atoms with Crippen LogP contribution < -0.4 is 16.2 Å². The molecule has 1 aromatic heterocycles. The molecule has 3 rings (SSSR count). The van der Waals surface area contributed by atoms with Crippen LogP contribution in [0.3, 0.4) is 0 Å². The van der Waals surface area contributed by atoms with E-state index in [1.54, 1.807) is 24.4 Å². The van der Waals surface area contributed by atoms with Gasteiger partial charge in [0.25, 0.3) is 0 Å². The van der Waals surface area contributed by atoms with E-state index >= 15 is 0 Å². The molecule has 1 atom stereocenters. The molecule has 0 spiro atoms. The van der Waals surface area contributed by atoms with E-state index in [0.717, 1.165) is 22.0 Å². The second kappa shape index (κ2) is 9.23. The number of aromatic nitrogens is 1. The largest absolute Gasteiger partial charge is 0.489 e. The van der Waals surface area contributed by atoms with Crippen molar-refractivity contribution in [2.24, 2.45) is 11.5 Å². The summed E-state index contributed by atoms with van der Waals surface area (Å²) in [4.78, 5) is 37.4. The molecule has 6 N–H and O–H groups in total. The van der Waals surface area contributed by atoms with Gasteiger partial charge >= 0.3 is 5.97 Å². The van der Waals surface area contributed by atoms with E-state index in [0.29, 0.717) is 11.3 Å². The minimum absolute atomic E-state index is 0.0825. The quantitative estimate of drug-likeness (QED) is 0.377. The predicted octanol–water partition coefficient (Wildman–Crippen LogP) is 2.15. The molecular formula is C22H23N3O5. The predicted molar refractivity (Wildman–Crippen MR) is 111 cm³/mol. The molecule has 0 fully saturated rings. The van der Waals surface area contributed by atoms with Gasteiger partial charge < -0.3 is 26.3 Å². The fraction of sp³-hybridized carbons (Fsp3) is 0.227. The summed E-state index contributed by atoms with van der Waals surface area (Å²) in [5.41, 5.74) is 14.0. The molecule has 0 radical (unpaired) electrons. The van der Waals surface area contributed by atoms with Crippen molar-refractivity contribution in [1.29, 1.82) is 0 Å². The average molecular weight is 409 g/mol. The van der Waals surface area contributed by atoms with Gasteiger partial charge in [-0.3, -0.25) is 14.4 Å². The maximum Gasteiger partial charge on any atom is 0.303 e. The van der Waals surface area contributed by atoms with Gasteiger partial charge in [-0.15, -0.1) is 0 Å². The normalized spacial score (nSPS) is 11.9. The molecular weight excluding hydrogens is 386 g/mol. The van der Waals surface area contributed by atoms with Crippen LogP contribution in [0, 0.1) is 0 Å². The number of hydrogen-bond acceptors (Lipinski definition) is 5. The Kier molecular flexibility index (Phi) is 6.48. The Balaban J connectivity index is 1.69. The summed E-state index contributed by atoms with van der Waals surface area (Å²) in [5, 5.41) is 9.60. The number of nitrogens with two attached hydrogens (primary N) is 2. The number of Topliss-reactive ketones (excluding diaryl/α,β-unsaturated/α-hetero) is 1. The lowest BCUT2D eigenvalue weighted by Gasteiger charge is -2.11. The Morgan fingerprint density at radius 1 is 1.13 bits per heavy atom. The molecule has 8 nitrogen and oxygen atoms in total. The molecule has 2 aromatic carbocycles. The van der Waals surface area contributed by atoms with Gasteiger partial charge in [0.2, 0.25) is 5.91 Å². The number of carboxylic acid groups (broad SMARTS) is 1. The third-order valence-electron chi connectivity index (χ3n) is 4.73. The van der Waals surface area contributed by atoms with Crippen molar-refractivity contribution < 1.29 is 24.2 Å². The van der Waals surface area contributed by atoms with Gasteiger partial charge in [0.15, 0.2) is 5.78 Å². The zero-order chi connectivity index (χ0) is 21.7. The van der Waals surface area contributed by atoms with Crippen LogP contribution in [0.15, 0.2) is 48.7 Å². The second-order valence-electron chi connectivity index (χ2n) is 7.06. The molecule has 0 aliphatic heterocycles. The number of hydrogen-bond donors (Lipinski definition) is 4. The summed E-state index contributed by atoms with van der Waals surface area (Å²) >= 11 is 0. The number of amides is 1. The lowest BCUT2D eigenvalue weighted by molar-refractivity contribution is -0.137. The van der Waals surface area contributed by atoms with Crippen molar-refractivity contribution in [3.8, 4) is 5.75 Å². The minimum atomic E-state index is -0.987. The van der Waals surface area contributed by atoms with Crippen LogP contribution in [0.5, 0.6) is 5.75 Å². The number of primary amides is 1. The van der Waals surface area contributed by atoms with Crippen molar-refractivity contribution in [1.82, 2.24) is 4.98 Å². The van der Waals surface area contributed by atoms with Crippen molar-refractivity contribution in [3.63, 3.8) is 0 Å². The molecule has 156 valence electrons. The van der Waals surface area contributed by atoms with E-state index in [1.165, 1.54) is 0 Å². The van der Waals surface area contributed by atoms with Crippen LogP contribution in [-0.2, 0) is 22.6 Å². The summed E-state index contributed by atoms with van der Waals surface area (Å²) in [6.07, 6.45) is 1.81. The fourth-order valence-corrected chi connectivity index (χ4v) is 3.19. The maximum atomic E-state index is 12.4. The Labute approximate surface area is 172 Å². The van der Waals surface area contributed by atoms with Crippen LogP contribution in [0.4, 0.5) is 0 Å². The Morgan fingerprint density at radius 2 is 1.93 bits per heavy atom. The molecule has 0 aliphatic rings. The van der Waals surface area contributed by atoms with Gasteiger partial charge in [0.1, 0.15) is 12.4 Å². The van der Waals surface area contributed by atoms with E-state index in [4.69, 9.17) is 21.3 Å². The van der Waals surface area contributed by atoms with Gasteiger partial charge in [-0.05, 0) is 41.8 Å². The average Bonchev–Trinajstić information content (AvgIpc) is 3.11. The highest BCUT2D eigenvalue weighted by Crippen LogP contribution is 2.25. The number of benzene rings is 2. The van der Waals surface area contributed by atoms with Crippen LogP contribution in [0.2, 0.25) is 0 Å². The molecule has 0 bridgehead atoms. The monoisotopic (exact) mass is 409 g/mol. The first-order valence-corrected chi connectivity index (χ1v) is 9.45. The summed E-state index contributed by atoms with van der Waals surface area (Å²) in [5.74, 6) is -1.09. The number of rotatable bonds is 10. The van der Waals surface area contributed by atoms with Gasteiger partial charge in [-0.25, -0.2) is 0 Å². The SMILES string of the molecule is NC(=O)Cc1c[nH]c2ccc(OCc3cccc(C(=O)[C@@H](N)CCC(=O)O)c3)cc12. The van der Waals surface area contributed by atoms with Gasteiger partial charge in [-0.2, -0.15) is 0 Å². The van der Waals surface area contributed by atoms with Crippen LogP contribution in [0.25, 0.3) is 10.9 Å². The van der Waals surface area contributed by atoms with Gasteiger partial charge in [0, 0.05) is 29.1 Å². The number of fused-ring (bicyclic) bond motifs is 1. The molecule has 1 amide bonds. The van der Waals surface area contributed by atoms with Gasteiger partial charge in [0.05, 0.1) is 12.5 Å². The first kappa shape index (κ1) is 21.1. The van der Waals surface area contributed by atoms with Gasteiger partial charge in [-0.1, -0.05) is 18.2 Å². The Bertz CT molecular complexity index is 1090. The van der Waals surface area contributed by atoms with Crippen molar-refractivity contribution >= 4 is 28.6 Å². The fourth-order valence-electron chi connectivity index (χ4n) is 3.19. The lowest BCUT2D eigenvalue weighted by Crippen LogP contribution is -2.31. The number of H-pyrrole nitrogens is 1. The first-order chi connectivity index (χ1) is 14.3. The third kappa shape index (κ3) is 5.24. The highest BCUT2D eigenvalue weighted by molar-refractivity contribution is 6.00. The number of aliphatic carboxylic acids is 1. The van der Waals surface area contributed by atoms with Crippen LogP contribution in [0.1, 0.15) is 34.3 Å². The molecule has 30 heavy (non-hydrogen) atoms. The van der Waals surface area contributed by atoms with Crippen molar-refractivity contribution in [3.05, 3.63) is 65.4 Å². The summed E-state index contributed by atoms with van der Waals surface area (Å²) in [7, 11) is 0. The summed E-state index contributed by atoms with van der Waals surface area (Å²) in [6.45, 7) is 0.229. The van der Waals surface area contributed by atoms with E-state index in [-0.39, 0.29) is 31.7 Å². The standard InChI is InChI=1S/C22H23N3O5/c23-18(5-7-21(27)28)22(29)14-3-1-2-13(8-14)12-30-16-4-6-19-17(10-16)15(11-25-19)9-20(24)26/h1-4,6,8,10-11,18,25H,5,7,9,12,23H2,(H2,24,26)(H,27,28)/t18-/m0/s1. The molecule has 1 heterocycles. The first-order valence-electron chi connectivity index (χ1n) is 9.45. The topological polar surface area (TPSA) is 148 Å². The van der Waals surface area contributed by atoms with Crippen molar-refractivity contribution in [2.75, 3.05) is 0 Å². The highest BCUT2D eigenvalue weighted by atomic mass is 16.5. The van der Waals surface area contributed by atoms with Crippen LogP contribution in [-0.4, -0.2) is 33.8 Å². The Morgan fingerprint density at radius 3 is 2.67 bits per heavy atom. The second-order valence-corrected chi connectivity index (χ2v) is 7.06. The summed E-state index contributed by atoms with van der Waals surface area (Å²) < 4.78 is 5.85. The lowest BCUT2D eigenvalue weighted by atomic mass is 9.99. The minimum Gasteiger partial charge on any atom is -0.489 e. The third-order valence-corrected chi connectivity index (χ3v) is 4.73. The molecule has 0 aliphatic carbocycles. The molecule has 0 saturated heterocycles. The molecule has 3 aromatic rings. The number of ketones is 1. The molecule has 0 unspecified atom stereocenters. The number of carbonyl (C=O) groups excluding carboxylic acids is 2.